The van der Waals surface area contributed by atoms with Gasteiger partial charge in [0.15, 0.2) is 0 Å². The van der Waals surface area contributed by atoms with Crippen molar-refractivity contribution < 1.29 is 0 Å². The summed E-state index contributed by atoms with van der Waals surface area (Å²) in [6, 6.07) is 17.2. The first-order valence-electron chi connectivity index (χ1n) is 7.86. The highest BCUT2D eigenvalue weighted by atomic mass is 35.5. The number of halogens is 1. The van der Waals surface area contributed by atoms with E-state index >= 15 is 0 Å². The van der Waals surface area contributed by atoms with Gasteiger partial charge in [0, 0.05) is 34.1 Å². The van der Waals surface area contributed by atoms with Crippen molar-refractivity contribution in [1.29, 1.82) is 5.26 Å². The van der Waals surface area contributed by atoms with Gasteiger partial charge in [0.1, 0.15) is 18.2 Å². The third kappa shape index (κ3) is 3.18. The van der Waals surface area contributed by atoms with Crippen molar-refractivity contribution in [1.82, 2.24) is 15.0 Å². The number of nitrogens with zero attached hydrogens (tertiary/aromatic N) is 4. The summed E-state index contributed by atoms with van der Waals surface area (Å²) >= 11 is 6.06. The monoisotopic (exact) mass is 357 g/mol. The van der Waals surface area contributed by atoms with Crippen LogP contribution in [-0.4, -0.2) is 15.0 Å². The minimum atomic E-state index is 0.518. The van der Waals surface area contributed by atoms with Crippen LogP contribution in [0.5, 0.6) is 0 Å². The maximum Gasteiger partial charge on any atom is 0.141 e. The van der Waals surface area contributed by atoms with Crippen molar-refractivity contribution in [3.05, 3.63) is 77.8 Å². The highest BCUT2D eigenvalue weighted by molar-refractivity contribution is 6.30. The van der Waals surface area contributed by atoms with Crippen LogP contribution >= 0.6 is 11.6 Å². The molecule has 0 saturated carbocycles. The average molecular weight is 358 g/mol. The van der Waals surface area contributed by atoms with Gasteiger partial charge < -0.3 is 5.32 Å². The summed E-state index contributed by atoms with van der Waals surface area (Å²) in [5.74, 6) is 0.684. The third-order valence-corrected chi connectivity index (χ3v) is 4.16. The molecule has 0 aliphatic carbocycles. The van der Waals surface area contributed by atoms with E-state index in [1.165, 1.54) is 6.33 Å². The van der Waals surface area contributed by atoms with E-state index in [4.69, 9.17) is 16.9 Å². The molecule has 0 aliphatic heterocycles. The number of anilines is 2. The lowest BCUT2D eigenvalue weighted by molar-refractivity contribution is 1.22. The molecule has 2 heterocycles. The molecule has 0 bridgehead atoms. The highest BCUT2D eigenvalue weighted by Gasteiger charge is 2.08. The van der Waals surface area contributed by atoms with Crippen LogP contribution in [0.2, 0.25) is 5.02 Å². The zero-order valence-electron chi connectivity index (χ0n) is 13.5. The molecule has 6 heteroatoms. The van der Waals surface area contributed by atoms with Gasteiger partial charge in [-0.2, -0.15) is 5.26 Å². The summed E-state index contributed by atoms with van der Waals surface area (Å²) in [6.45, 7) is 0. The van der Waals surface area contributed by atoms with Gasteiger partial charge in [-0.1, -0.05) is 23.7 Å². The fraction of sp³-hybridized carbons (Fsp3) is 0. The number of pyridine rings is 1. The lowest BCUT2D eigenvalue weighted by Gasteiger charge is -2.10. The van der Waals surface area contributed by atoms with Gasteiger partial charge in [-0.25, -0.2) is 9.97 Å². The van der Waals surface area contributed by atoms with Crippen LogP contribution in [0.4, 0.5) is 11.5 Å². The zero-order chi connectivity index (χ0) is 17.9. The van der Waals surface area contributed by atoms with Crippen molar-refractivity contribution >= 4 is 34.0 Å². The molecular formula is C20H12ClN5. The molecule has 0 saturated heterocycles. The standard InChI is InChI=1S/C20H12ClN5/c21-16-2-1-3-17(8-16)26-20-18-7-14(4-5-19(18)24-12-25-20)15-6-13(9-22)10-23-11-15/h1-8,10-12H,(H,24,25,26). The van der Waals surface area contributed by atoms with Crippen LogP contribution < -0.4 is 5.32 Å². The molecule has 0 spiro atoms. The fourth-order valence-corrected chi connectivity index (χ4v) is 2.89. The number of nitrogens with one attached hydrogen (secondary N) is 1. The van der Waals surface area contributed by atoms with Gasteiger partial charge in [0.05, 0.1) is 11.1 Å². The minimum Gasteiger partial charge on any atom is -0.340 e. The van der Waals surface area contributed by atoms with Crippen LogP contribution in [-0.2, 0) is 0 Å². The lowest BCUT2D eigenvalue weighted by atomic mass is 10.0. The number of hydrogen-bond donors (Lipinski definition) is 1. The summed E-state index contributed by atoms with van der Waals surface area (Å²) < 4.78 is 0. The van der Waals surface area contributed by atoms with Crippen molar-refractivity contribution in [3.63, 3.8) is 0 Å². The second-order valence-electron chi connectivity index (χ2n) is 5.66. The summed E-state index contributed by atoms with van der Waals surface area (Å²) in [5.41, 5.74) is 3.98. The Hall–Kier alpha value is -3.49. The molecule has 0 unspecified atom stereocenters. The van der Waals surface area contributed by atoms with E-state index in [0.29, 0.717) is 16.4 Å². The summed E-state index contributed by atoms with van der Waals surface area (Å²) in [6.07, 6.45) is 4.79. The molecule has 0 radical (unpaired) electrons. The van der Waals surface area contributed by atoms with Crippen LogP contribution in [0, 0.1) is 11.3 Å². The first kappa shape index (κ1) is 16.0. The number of nitriles is 1. The second-order valence-corrected chi connectivity index (χ2v) is 6.10. The third-order valence-electron chi connectivity index (χ3n) is 3.92. The molecule has 4 rings (SSSR count). The van der Waals surface area contributed by atoms with E-state index < -0.39 is 0 Å². The smallest absolute Gasteiger partial charge is 0.141 e. The maximum absolute atomic E-state index is 9.08. The molecule has 124 valence electrons. The van der Waals surface area contributed by atoms with Crippen LogP contribution in [0.1, 0.15) is 5.56 Å². The Bertz CT molecular complexity index is 1150. The Morgan fingerprint density at radius 1 is 0.962 bits per heavy atom. The molecule has 0 aliphatic rings. The SMILES string of the molecule is N#Cc1cncc(-c2ccc3ncnc(Nc4cccc(Cl)c4)c3c2)c1. The van der Waals surface area contributed by atoms with Crippen molar-refractivity contribution in [2.75, 3.05) is 5.32 Å². The van der Waals surface area contributed by atoms with Crippen molar-refractivity contribution in [2.24, 2.45) is 0 Å². The topological polar surface area (TPSA) is 74.5 Å². The van der Waals surface area contributed by atoms with E-state index in [-0.39, 0.29) is 0 Å². The minimum absolute atomic E-state index is 0.518. The molecule has 0 fully saturated rings. The van der Waals surface area contributed by atoms with E-state index in [1.54, 1.807) is 12.4 Å². The first-order valence-corrected chi connectivity index (χ1v) is 8.23. The fourth-order valence-electron chi connectivity index (χ4n) is 2.70. The lowest BCUT2D eigenvalue weighted by Crippen LogP contribution is -1.96. The molecule has 4 aromatic rings. The Labute approximate surface area is 154 Å². The Morgan fingerprint density at radius 2 is 1.88 bits per heavy atom. The zero-order valence-corrected chi connectivity index (χ0v) is 14.3. The number of rotatable bonds is 3. The Balaban J connectivity index is 1.80. The number of aromatic nitrogens is 3. The van der Waals surface area contributed by atoms with E-state index in [1.807, 2.05) is 48.5 Å². The molecule has 0 atom stereocenters. The molecule has 0 amide bonds. The summed E-state index contributed by atoms with van der Waals surface area (Å²) in [7, 11) is 0. The second kappa shape index (κ2) is 6.79. The van der Waals surface area contributed by atoms with Gasteiger partial charge in [0.25, 0.3) is 0 Å². The normalized spacial score (nSPS) is 10.5. The van der Waals surface area contributed by atoms with Crippen molar-refractivity contribution in [3.8, 4) is 17.2 Å². The molecule has 2 aromatic carbocycles. The molecule has 2 aromatic heterocycles. The highest BCUT2D eigenvalue weighted by Crippen LogP contribution is 2.29. The maximum atomic E-state index is 9.08. The number of hydrogen-bond acceptors (Lipinski definition) is 5. The van der Waals surface area contributed by atoms with E-state index in [2.05, 4.69) is 26.3 Å². The van der Waals surface area contributed by atoms with Crippen LogP contribution in [0.25, 0.3) is 22.0 Å². The van der Waals surface area contributed by atoms with Crippen molar-refractivity contribution in [2.45, 2.75) is 0 Å². The van der Waals surface area contributed by atoms with Gasteiger partial charge in [-0.05, 0) is 42.0 Å². The predicted octanol–water partition coefficient (Wildman–Crippen LogP) is 4.96. The number of fused-ring (bicyclic) bond motifs is 1. The first-order chi connectivity index (χ1) is 12.7. The predicted molar refractivity (Wildman–Crippen MR) is 102 cm³/mol. The van der Waals surface area contributed by atoms with Gasteiger partial charge in [-0.3, -0.25) is 4.98 Å². The van der Waals surface area contributed by atoms with Gasteiger partial charge in [-0.15, -0.1) is 0 Å². The molecule has 1 N–H and O–H groups in total. The van der Waals surface area contributed by atoms with Gasteiger partial charge in [0.2, 0.25) is 0 Å². The van der Waals surface area contributed by atoms with Crippen LogP contribution in [0.3, 0.4) is 0 Å². The Morgan fingerprint density at radius 3 is 2.73 bits per heavy atom. The molecule has 5 nitrogen and oxygen atoms in total. The summed E-state index contributed by atoms with van der Waals surface area (Å²) in [4.78, 5) is 12.8. The largest absolute Gasteiger partial charge is 0.340 e. The quantitative estimate of drug-likeness (QED) is 0.560. The summed E-state index contributed by atoms with van der Waals surface area (Å²) in [5, 5.41) is 13.9. The Kier molecular flexibility index (Phi) is 4.18. The van der Waals surface area contributed by atoms with E-state index in [0.717, 1.165) is 27.7 Å². The van der Waals surface area contributed by atoms with Gasteiger partial charge >= 0.3 is 0 Å². The molecule has 26 heavy (non-hydrogen) atoms. The van der Waals surface area contributed by atoms with E-state index in [9.17, 15) is 0 Å². The molecular weight excluding hydrogens is 346 g/mol. The average Bonchev–Trinajstić information content (AvgIpc) is 2.68. The number of benzene rings is 2. The van der Waals surface area contributed by atoms with Crippen LogP contribution in [0.15, 0.2) is 67.3 Å².